The molecule has 0 saturated carbocycles. The van der Waals surface area contributed by atoms with Gasteiger partial charge in [0.1, 0.15) is 11.8 Å². The van der Waals surface area contributed by atoms with E-state index in [1.807, 2.05) is 37.2 Å². The molecular formula is C19H19N3O4. The van der Waals surface area contributed by atoms with Crippen molar-refractivity contribution in [3.63, 3.8) is 0 Å². The van der Waals surface area contributed by atoms with Gasteiger partial charge >= 0.3 is 5.97 Å². The lowest BCUT2D eigenvalue weighted by Crippen LogP contribution is -2.23. The van der Waals surface area contributed by atoms with E-state index in [1.54, 1.807) is 36.4 Å². The summed E-state index contributed by atoms with van der Waals surface area (Å²) in [5.74, 6) is -0.860. The molecule has 0 atom stereocenters. The van der Waals surface area contributed by atoms with Gasteiger partial charge in [0.05, 0.1) is 5.56 Å². The molecule has 0 fully saturated rings. The van der Waals surface area contributed by atoms with Gasteiger partial charge in [-0.25, -0.2) is 4.79 Å². The predicted octanol–water partition coefficient (Wildman–Crippen LogP) is 2.18. The van der Waals surface area contributed by atoms with Crippen LogP contribution in [0.2, 0.25) is 0 Å². The van der Waals surface area contributed by atoms with Gasteiger partial charge in [-0.15, -0.1) is 0 Å². The topological polar surface area (TPSA) is 91.7 Å². The summed E-state index contributed by atoms with van der Waals surface area (Å²) >= 11 is 0. The average molecular weight is 353 g/mol. The molecule has 1 N–H and O–H groups in total. The van der Waals surface area contributed by atoms with Crippen LogP contribution in [-0.4, -0.2) is 39.2 Å². The number of anilines is 2. The van der Waals surface area contributed by atoms with Crippen LogP contribution >= 0.6 is 0 Å². The lowest BCUT2D eigenvalue weighted by molar-refractivity contribution is -0.149. The van der Waals surface area contributed by atoms with Crippen LogP contribution < -0.4 is 15.0 Å². The summed E-state index contributed by atoms with van der Waals surface area (Å²) in [5.41, 5.74) is 1.93. The fourth-order valence-corrected chi connectivity index (χ4v) is 2.05. The molecule has 7 nitrogen and oxygen atoms in total. The summed E-state index contributed by atoms with van der Waals surface area (Å²) in [6.45, 7) is -0.805. The minimum absolute atomic E-state index is 0.289. The van der Waals surface area contributed by atoms with Crippen molar-refractivity contribution in [3.8, 4) is 11.8 Å². The molecule has 0 unspecified atom stereocenters. The Kier molecular flexibility index (Phi) is 6.57. The SMILES string of the molecule is CN(C)c1ccc(NC(=O)COC(=O)COc2ccccc2C#N)cc1. The quantitative estimate of drug-likeness (QED) is 0.767. The first-order valence-electron chi connectivity index (χ1n) is 7.84. The minimum atomic E-state index is -0.698. The normalized spacial score (nSPS) is 9.73. The van der Waals surface area contributed by atoms with Crippen molar-refractivity contribution >= 4 is 23.3 Å². The Bertz CT molecular complexity index is 810. The third-order valence-electron chi connectivity index (χ3n) is 3.38. The summed E-state index contributed by atoms with van der Waals surface area (Å²) in [6, 6.07) is 15.8. The molecule has 0 aliphatic carbocycles. The molecule has 7 heteroatoms. The summed E-state index contributed by atoms with van der Waals surface area (Å²) in [6.07, 6.45) is 0. The van der Waals surface area contributed by atoms with Crippen LogP contribution in [0.25, 0.3) is 0 Å². The molecule has 0 heterocycles. The van der Waals surface area contributed by atoms with Gasteiger partial charge in [0.2, 0.25) is 0 Å². The smallest absolute Gasteiger partial charge is 0.344 e. The third-order valence-corrected chi connectivity index (χ3v) is 3.38. The maximum absolute atomic E-state index is 11.8. The Hall–Kier alpha value is -3.53. The number of amides is 1. The summed E-state index contributed by atoms with van der Waals surface area (Å²) in [4.78, 5) is 25.4. The number of carbonyl (C=O) groups excluding carboxylic acids is 2. The Morgan fingerprint density at radius 2 is 1.77 bits per heavy atom. The molecule has 26 heavy (non-hydrogen) atoms. The highest BCUT2D eigenvalue weighted by Gasteiger charge is 2.10. The minimum Gasteiger partial charge on any atom is -0.481 e. The van der Waals surface area contributed by atoms with E-state index in [4.69, 9.17) is 14.7 Å². The van der Waals surface area contributed by atoms with E-state index in [2.05, 4.69) is 5.32 Å². The Morgan fingerprint density at radius 3 is 2.42 bits per heavy atom. The Morgan fingerprint density at radius 1 is 1.08 bits per heavy atom. The van der Waals surface area contributed by atoms with Crippen molar-refractivity contribution in [1.29, 1.82) is 5.26 Å². The summed E-state index contributed by atoms with van der Waals surface area (Å²) < 4.78 is 10.1. The number of hydrogen-bond donors (Lipinski definition) is 1. The van der Waals surface area contributed by atoms with Gasteiger partial charge in [-0.1, -0.05) is 12.1 Å². The zero-order valence-electron chi connectivity index (χ0n) is 14.6. The van der Waals surface area contributed by atoms with Gasteiger partial charge in [-0.2, -0.15) is 5.26 Å². The predicted molar refractivity (Wildman–Crippen MR) is 97.0 cm³/mol. The van der Waals surface area contributed by atoms with Crippen molar-refractivity contribution in [1.82, 2.24) is 0 Å². The molecular weight excluding hydrogens is 334 g/mol. The summed E-state index contributed by atoms with van der Waals surface area (Å²) in [5, 5.41) is 11.6. The van der Waals surface area contributed by atoms with Gasteiger partial charge in [-0.3, -0.25) is 4.79 Å². The molecule has 0 aliphatic heterocycles. The van der Waals surface area contributed by atoms with Crippen molar-refractivity contribution in [2.45, 2.75) is 0 Å². The van der Waals surface area contributed by atoms with Gasteiger partial charge < -0.3 is 19.7 Å². The van der Waals surface area contributed by atoms with E-state index in [0.29, 0.717) is 11.3 Å². The number of benzene rings is 2. The number of rotatable bonds is 7. The van der Waals surface area contributed by atoms with Crippen molar-refractivity contribution < 1.29 is 19.1 Å². The highest BCUT2D eigenvalue weighted by atomic mass is 16.6. The zero-order chi connectivity index (χ0) is 18.9. The highest BCUT2D eigenvalue weighted by Crippen LogP contribution is 2.17. The fraction of sp³-hybridized carbons (Fsp3) is 0.211. The lowest BCUT2D eigenvalue weighted by atomic mass is 10.2. The molecule has 1 amide bonds. The molecule has 0 bridgehead atoms. The number of nitrogens with zero attached hydrogens (tertiary/aromatic N) is 2. The van der Waals surface area contributed by atoms with Crippen molar-refractivity contribution in [2.24, 2.45) is 0 Å². The van der Waals surface area contributed by atoms with Crippen LogP contribution in [0.4, 0.5) is 11.4 Å². The second-order valence-electron chi connectivity index (χ2n) is 5.55. The summed E-state index contributed by atoms with van der Waals surface area (Å²) in [7, 11) is 3.84. The van der Waals surface area contributed by atoms with E-state index >= 15 is 0 Å². The van der Waals surface area contributed by atoms with E-state index in [9.17, 15) is 9.59 Å². The largest absolute Gasteiger partial charge is 0.481 e. The molecule has 134 valence electrons. The van der Waals surface area contributed by atoms with E-state index in [-0.39, 0.29) is 12.4 Å². The maximum Gasteiger partial charge on any atom is 0.344 e. The number of nitriles is 1. The lowest BCUT2D eigenvalue weighted by Gasteiger charge is -2.13. The first kappa shape index (κ1) is 18.8. The highest BCUT2D eigenvalue weighted by molar-refractivity contribution is 5.93. The first-order valence-corrected chi connectivity index (χ1v) is 7.84. The standard InChI is InChI=1S/C19H19N3O4/c1-22(2)16-9-7-15(8-10-16)21-18(23)12-26-19(24)13-25-17-6-4-3-5-14(17)11-20/h3-10H,12-13H2,1-2H3,(H,21,23). The monoisotopic (exact) mass is 353 g/mol. The van der Waals surface area contributed by atoms with E-state index in [0.717, 1.165) is 5.69 Å². The van der Waals surface area contributed by atoms with Crippen LogP contribution in [0.1, 0.15) is 5.56 Å². The van der Waals surface area contributed by atoms with Crippen LogP contribution in [0.15, 0.2) is 48.5 Å². The average Bonchev–Trinajstić information content (AvgIpc) is 2.65. The number of para-hydroxylation sites is 1. The van der Waals surface area contributed by atoms with E-state index in [1.165, 1.54) is 0 Å². The van der Waals surface area contributed by atoms with Crippen LogP contribution in [0.3, 0.4) is 0 Å². The van der Waals surface area contributed by atoms with Gasteiger partial charge in [0.25, 0.3) is 5.91 Å². The maximum atomic E-state index is 11.8. The van der Waals surface area contributed by atoms with Crippen molar-refractivity contribution in [2.75, 3.05) is 37.5 Å². The van der Waals surface area contributed by atoms with Gasteiger partial charge in [-0.05, 0) is 36.4 Å². The molecule has 0 spiro atoms. The molecule has 2 aromatic rings. The molecule has 0 aromatic heterocycles. The van der Waals surface area contributed by atoms with Crippen molar-refractivity contribution in [3.05, 3.63) is 54.1 Å². The van der Waals surface area contributed by atoms with Crippen LogP contribution in [0.5, 0.6) is 5.75 Å². The molecule has 0 radical (unpaired) electrons. The Balaban J connectivity index is 1.76. The van der Waals surface area contributed by atoms with Crippen LogP contribution in [0, 0.1) is 11.3 Å². The Labute approximate surface area is 151 Å². The second-order valence-corrected chi connectivity index (χ2v) is 5.55. The van der Waals surface area contributed by atoms with Gasteiger partial charge in [0, 0.05) is 25.5 Å². The van der Waals surface area contributed by atoms with Crippen LogP contribution in [-0.2, 0) is 14.3 Å². The molecule has 2 rings (SSSR count). The van der Waals surface area contributed by atoms with Gasteiger partial charge in [0.15, 0.2) is 13.2 Å². The molecule has 0 saturated heterocycles. The molecule has 0 aliphatic rings. The number of nitrogens with one attached hydrogen (secondary N) is 1. The third kappa shape index (κ3) is 5.53. The number of esters is 1. The number of carbonyl (C=O) groups is 2. The number of ether oxygens (including phenoxy) is 2. The second kappa shape index (κ2) is 9.08. The first-order chi connectivity index (χ1) is 12.5. The fourth-order valence-electron chi connectivity index (χ4n) is 2.05. The molecule has 2 aromatic carbocycles. The van der Waals surface area contributed by atoms with E-state index < -0.39 is 18.5 Å². The zero-order valence-corrected chi connectivity index (χ0v) is 14.6. The number of hydrogen-bond acceptors (Lipinski definition) is 6.